The first-order valence-corrected chi connectivity index (χ1v) is 4.01. The Labute approximate surface area is 105 Å². The van der Waals surface area contributed by atoms with Crippen molar-refractivity contribution in [3.05, 3.63) is 29.1 Å². The van der Waals surface area contributed by atoms with Crippen LogP contribution in [0.3, 0.4) is 0 Å². The van der Waals surface area contributed by atoms with Crippen molar-refractivity contribution in [2.45, 2.75) is 6.54 Å². The fourth-order valence-electron chi connectivity index (χ4n) is 1.18. The maximum atomic E-state index is 13.4. The molecule has 0 fully saturated rings. The maximum Gasteiger partial charge on any atom is 0.138 e. The highest BCUT2D eigenvalue weighted by atomic mass is 35.5. The highest BCUT2D eigenvalue weighted by Crippen LogP contribution is 2.22. The van der Waals surface area contributed by atoms with Crippen molar-refractivity contribution in [3.8, 4) is 5.75 Å². The number of ether oxygens (including phenoxy) is 1. The van der Waals surface area contributed by atoms with Gasteiger partial charge in [0.1, 0.15) is 17.4 Å². The van der Waals surface area contributed by atoms with Crippen molar-refractivity contribution in [1.82, 2.24) is 0 Å². The lowest BCUT2D eigenvalue weighted by Crippen LogP contribution is -2.15. The van der Waals surface area contributed by atoms with Crippen LogP contribution >= 0.6 is 24.8 Å². The molecule has 5 N–H and O–H groups in total. The summed E-state index contributed by atoms with van der Waals surface area (Å²) < 4.78 is 18.3. The molecule has 1 rings (SSSR count). The zero-order valence-electron chi connectivity index (χ0n) is 8.62. The van der Waals surface area contributed by atoms with Gasteiger partial charge in [0.25, 0.3) is 0 Å². The summed E-state index contributed by atoms with van der Waals surface area (Å²) in [6.07, 6.45) is 0. The van der Waals surface area contributed by atoms with Gasteiger partial charge < -0.3 is 16.2 Å². The Balaban J connectivity index is 0. The largest absolute Gasteiger partial charge is 0.496 e. The first-order chi connectivity index (χ1) is 6.60. The molecule has 92 valence electrons. The van der Waals surface area contributed by atoms with Crippen LogP contribution in [0.5, 0.6) is 5.75 Å². The molecule has 0 atom stereocenters. The molecule has 0 heterocycles. The lowest BCUT2D eigenvalue weighted by molar-refractivity contribution is 0.409. The fourth-order valence-corrected chi connectivity index (χ4v) is 1.18. The summed E-state index contributed by atoms with van der Waals surface area (Å²) >= 11 is 0. The third-order valence-corrected chi connectivity index (χ3v) is 1.84. The van der Waals surface area contributed by atoms with Gasteiger partial charge in [0.2, 0.25) is 0 Å². The van der Waals surface area contributed by atoms with E-state index in [-0.39, 0.29) is 48.5 Å². The molecular formula is C9H14Cl2FN3O. The zero-order chi connectivity index (χ0) is 10.7. The third kappa shape index (κ3) is 3.52. The van der Waals surface area contributed by atoms with Gasteiger partial charge in [0.05, 0.1) is 12.7 Å². The maximum absolute atomic E-state index is 13.4. The minimum absolute atomic E-state index is 0. The molecule has 0 aliphatic carbocycles. The molecule has 0 bridgehead atoms. The number of halogens is 3. The first-order valence-electron chi connectivity index (χ1n) is 4.01. The lowest BCUT2D eigenvalue weighted by Gasteiger charge is -2.09. The van der Waals surface area contributed by atoms with Gasteiger partial charge in [-0.05, 0) is 17.7 Å². The summed E-state index contributed by atoms with van der Waals surface area (Å²) in [7, 11) is 1.39. The topological polar surface area (TPSA) is 85.1 Å². The molecule has 1 aromatic carbocycles. The molecule has 7 heteroatoms. The third-order valence-electron chi connectivity index (χ3n) is 1.84. The highest BCUT2D eigenvalue weighted by Gasteiger charge is 2.13. The van der Waals surface area contributed by atoms with Gasteiger partial charge >= 0.3 is 0 Å². The van der Waals surface area contributed by atoms with E-state index in [1.165, 1.54) is 13.2 Å². The average molecular weight is 270 g/mol. The van der Waals surface area contributed by atoms with Crippen LogP contribution < -0.4 is 16.2 Å². The molecule has 0 aliphatic heterocycles. The number of nitrogens with one attached hydrogen (secondary N) is 1. The Bertz CT molecular complexity index is 374. The minimum Gasteiger partial charge on any atom is -0.496 e. The van der Waals surface area contributed by atoms with Crippen molar-refractivity contribution in [2.75, 3.05) is 7.11 Å². The van der Waals surface area contributed by atoms with Crippen LogP contribution in [0.25, 0.3) is 0 Å². The van der Waals surface area contributed by atoms with Crippen LogP contribution in [0.4, 0.5) is 4.39 Å². The molecule has 0 aliphatic rings. The smallest absolute Gasteiger partial charge is 0.138 e. The molecule has 0 radical (unpaired) electrons. The van der Waals surface area contributed by atoms with E-state index in [2.05, 4.69) is 0 Å². The van der Waals surface area contributed by atoms with Gasteiger partial charge in [0.15, 0.2) is 0 Å². The Morgan fingerprint density at radius 2 is 2.00 bits per heavy atom. The molecule has 0 amide bonds. The summed E-state index contributed by atoms with van der Waals surface area (Å²) in [6.45, 7) is 0.214. The van der Waals surface area contributed by atoms with Gasteiger partial charge in [0, 0.05) is 6.54 Å². The Kier molecular flexibility index (Phi) is 7.89. The van der Waals surface area contributed by atoms with Crippen molar-refractivity contribution in [3.63, 3.8) is 0 Å². The summed E-state index contributed by atoms with van der Waals surface area (Å²) in [5, 5.41) is 7.17. The monoisotopic (exact) mass is 269 g/mol. The van der Waals surface area contributed by atoms with Gasteiger partial charge in [-0.3, -0.25) is 5.41 Å². The average Bonchev–Trinajstić information content (AvgIpc) is 2.15. The van der Waals surface area contributed by atoms with Crippen LogP contribution in [-0.2, 0) is 6.54 Å². The standard InChI is InChI=1S/C9H12FN3O.2ClH/c1-14-7-3-5(4-11)2-6(10)8(7)9(12)13;;/h2-3H,4,11H2,1H3,(H3,12,13);2*1H. The van der Waals surface area contributed by atoms with Crippen LogP contribution in [0.15, 0.2) is 12.1 Å². The van der Waals surface area contributed by atoms with E-state index in [0.717, 1.165) is 0 Å². The number of hydrogen-bond donors (Lipinski definition) is 3. The predicted octanol–water partition coefficient (Wildman–Crippen LogP) is 1.42. The van der Waals surface area contributed by atoms with E-state index in [1.807, 2.05) is 0 Å². The molecule has 0 aromatic heterocycles. The van der Waals surface area contributed by atoms with Crippen molar-refractivity contribution >= 4 is 30.6 Å². The molecule has 4 nitrogen and oxygen atoms in total. The molecule has 0 saturated carbocycles. The highest BCUT2D eigenvalue weighted by molar-refractivity contribution is 5.98. The second-order valence-corrected chi connectivity index (χ2v) is 2.77. The van der Waals surface area contributed by atoms with E-state index in [0.29, 0.717) is 5.56 Å². The number of nitrogens with two attached hydrogens (primary N) is 2. The van der Waals surface area contributed by atoms with E-state index in [4.69, 9.17) is 21.6 Å². The molecule has 0 saturated heterocycles. The Morgan fingerprint density at radius 1 is 1.44 bits per heavy atom. The zero-order valence-corrected chi connectivity index (χ0v) is 10.3. The minimum atomic E-state index is -0.586. The van der Waals surface area contributed by atoms with Crippen LogP contribution in [0.2, 0.25) is 0 Å². The second kappa shape index (κ2) is 7.27. The van der Waals surface area contributed by atoms with Gasteiger partial charge in [-0.25, -0.2) is 4.39 Å². The van der Waals surface area contributed by atoms with Crippen LogP contribution in [-0.4, -0.2) is 12.9 Å². The Hall–Kier alpha value is -1.04. The second-order valence-electron chi connectivity index (χ2n) is 2.77. The van der Waals surface area contributed by atoms with Crippen molar-refractivity contribution in [1.29, 1.82) is 5.41 Å². The van der Waals surface area contributed by atoms with E-state index in [9.17, 15) is 4.39 Å². The number of methoxy groups -OCH3 is 1. The van der Waals surface area contributed by atoms with Crippen molar-refractivity contribution in [2.24, 2.45) is 11.5 Å². The molecular weight excluding hydrogens is 256 g/mol. The first kappa shape index (κ1) is 17.4. The Morgan fingerprint density at radius 3 is 2.38 bits per heavy atom. The fraction of sp³-hybridized carbons (Fsp3) is 0.222. The molecule has 16 heavy (non-hydrogen) atoms. The van der Waals surface area contributed by atoms with E-state index < -0.39 is 5.82 Å². The number of benzene rings is 1. The van der Waals surface area contributed by atoms with Crippen LogP contribution in [0, 0.1) is 11.2 Å². The number of hydrogen-bond acceptors (Lipinski definition) is 3. The summed E-state index contributed by atoms with van der Waals surface area (Å²) in [4.78, 5) is 0. The number of rotatable bonds is 3. The molecule has 0 spiro atoms. The van der Waals surface area contributed by atoms with E-state index >= 15 is 0 Å². The predicted molar refractivity (Wildman–Crippen MR) is 66.4 cm³/mol. The van der Waals surface area contributed by atoms with E-state index in [1.54, 1.807) is 6.07 Å². The van der Waals surface area contributed by atoms with Crippen molar-refractivity contribution < 1.29 is 9.13 Å². The lowest BCUT2D eigenvalue weighted by atomic mass is 10.1. The quantitative estimate of drug-likeness (QED) is 0.573. The SMILES string of the molecule is COc1cc(CN)cc(F)c1C(=N)N.Cl.Cl. The van der Waals surface area contributed by atoms with Crippen LogP contribution in [0.1, 0.15) is 11.1 Å². The van der Waals surface area contributed by atoms with Gasteiger partial charge in [-0.1, -0.05) is 0 Å². The summed E-state index contributed by atoms with van der Waals surface area (Å²) in [5.41, 5.74) is 11.2. The number of nitrogen functional groups attached to an aromatic ring is 1. The normalized spacial score (nSPS) is 8.69. The number of amidine groups is 1. The summed E-state index contributed by atoms with van der Waals surface area (Å²) in [6, 6.07) is 2.82. The summed E-state index contributed by atoms with van der Waals surface area (Å²) in [5.74, 6) is -0.710. The van der Waals surface area contributed by atoms with Gasteiger partial charge in [-0.2, -0.15) is 0 Å². The molecule has 1 aromatic rings. The molecule has 0 unspecified atom stereocenters. The van der Waals surface area contributed by atoms with Gasteiger partial charge in [-0.15, -0.1) is 24.8 Å².